The van der Waals surface area contributed by atoms with Gasteiger partial charge in [0.05, 0.1) is 12.2 Å². The van der Waals surface area contributed by atoms with Crippen LogP contribution in [0.1, 0.15) is 79.6 Å². The van der Waals surface area contributed by atoms with E-state index in [0.717, 1.165) is 32.1 Å². The van der Waals surface area contributed by atoms with E-state index in [4.69, 9.17) is 9.47 Å². The number of aliphatic hydroxyl groups is 2. The number of hydrogen-bond acceptors (Lipinski definition) is 6. The topological polar surface area (TPSA) is 93.1 Å². The number of carbonyl (C=O) groups excluding carboxylic acids is 2. The smallest absolute Gasteiger partial charge is 0.303 e. The van der Waals surface area contributed by atoms with Gasteiger partial charge in [-0.05, 0) is 73.5 Å². The minimum absolute atomic E-state index is 0.0385. The first-order chi connectivity index (χ1) is 13.9. The Bertz CT molecular complexity index is 733. The lowest BCUT2D eigenvalue weighted by atomic mass is 9.40. The van der Waals surface area contributed by atoms with Crippen LogP contribution in [0, 0.1) is 34.0 Å². The van der Waals surface area contributed by atoms with Gasteiger partial charge in [0.15, 0.2) is 0 Å². The molecule has 0 saturated heterocycles. The highest BCUT2D eigenvalue weighted by atomic mass is 16.6. The summed E-state index contributed by atoms with van der Waals surface area (Å²) in [6.45, 7) is 9.31. The predicted octanol–water partition coefficient (Wildman–Crippen LogP) is 3.23. The van der Waals surface area contributed by atoms with Crippen molar-refractivity contribution >= 4 is 11.9 Å². The highest BCUT2D eigenvalue weighted by Gasteiger charge is 2.69. The van der Waals surface area contributed by atoms with Gasteiger partial charge in [0.25, 0.3) is 0 Å². The van der Waals surface area contributed by atoms with E-state index in [2.05, 4.69) is 20.8 Å². The van der Waals surface area contributed by atoms with Crippen molar-refractivity contribution in [2.75, 3.05) is 6.61 Å². The summed E-state index contributed by atoms with van der Waals surface area (Å²) in [4.78, 5) is 23.8. The summed E-state index contributed by atoms with van der Waals surface area (Å²) >= 11 is 0. The Hall–Kier alpha value is -1.14. The van der Waals surface area contributed by atoms with E-state index in [9.17, 15) is 19.8 Å². The van der Waals surface area contributed by atoms with Gasteiger partial charge >= 0.3 is 11.9 Å². The average molecular weight is 423 g/mol. The molecule has 4 saturated carbocycles. The molecule has 2 bridgehead atoms. The Morgan fingerprint density at radius 2 is 1.63 bits per heavy atom. The van der Waals surface area contributed by atoms with Crippen LogP contribution in [0.2, 0.25) is 0 Å². The van der Waals surface area contributed by atoms with Gasteiger partial charge in [-0.15, -0.1) is 0 Å². The summed E-state index contributed by atoms with van der Waals surface area (Å²) in [6.07, 6.45) is 5.38. The largest absolute Gasteiger partial charge is 0.459 e. The summed E-state index contributed by atoms with van der Waals surface area (Å²) < 4.78 is 11.5. The molecule has 0 aliphatic heterocycles. The number of aliphatic hydroxyl groups excluding tert-OH is 1. The number of rotatable bonds is 3. The lowest BCUT2D eigenvalue weighted by molar-refractivity contribution is -0.235. The molecule has 170 valence electrons. The fraction of sp³-hybridized carbons (Fsp3) is 0.917. The molecule has 4 aliphatic rings. The van der Waals surface area contributed by atoms with Crippen LogP contribution < -0.4 is 0 Å². The summed E-state index contributed by atoms with van der Waals surface area (Å²) in [5.74, 6) is 0.214. The average Bonchev–Trinajstić information content (AvgIpc) is 2.83. The molecule has 0 aromatic heterocycles. The minimum Gasteiger partial charge on any atom is -0.459 e. The Kier molecular flexibility index (Phi) is 5.10. The second-order valence-corrected chi connectivity index (χ2v) is 11.6. The summed E-state index contributed by atoms with van der Waals surface area (Å²) in [5, 5.41) is 21.1. The monoisotopic (exact) mass is 422 g/mol. The maximum absolute atomic E-state index is 11.9. The molecular formula is C24H38O6. The van der Waals surface area contributed by atoms with Crippen LogP contribution in [0.4, 0.5) is 0 Å². The number of ether oxygens (including phenoxy) is 2. The molecule has 4 fully saturated rings. The van der Waals surface area contributed by atoms with Gasteiger partial charge in [-0.3, -0.25) is 9.59 Å². The molecule has 1 spiro atoms. The number of carbonyl (C=O) groups is 2. The molecule has 0 heterocycles. The molecule has 0 aromatic rings. The van der Waals surface area contributed by atoms with Crippen LogP contribution in [0.3, 0.4) is 0 Å². The quantitative estimate of drug-likeness (QED) is 0.679. The van der Waals surface area contributed by atoms with E-state index < -0.39 is 17.8 Å². The molecule has 2 N–H and O–H groups in total. The lowest BCUT2D eigenvalue weighted by Gasteiger charge is -2.65. The maximum Gasteiger partial charge on any atom is 0.303 e. The highest BCUT2D eigenvalue weighted by molar-refractivity contribution is 5.67. The molecule has 6 heteroatoms. The zero-order valence-corrected chi connectivity index (χ0v) is 19.1. The van der Waals surface area contributed by atoms with Crippen LogP contribution in [-0.4, -0.2) is 46.6 Å². The summed E-state index contributed by atoms with van der Waals surface area (Å²) in [5.41, 5.74) is -1.33. The van der Waals surface area contributed by atoms with Gasteiger partial charge in [-0.2, -0.15) is 0 Å². The van der Waals surface area contributed by atoms with E-state index in [0.29, 0.717) is 24.7 Å². The van der Waals surface area contributed by atoms with Crippen LogP contribution in [0.5, 0.6) is 0 Å². The van der Waals surface area contributed by atoms with Crippen LogP contribution in [0.15, 0.2) is 0 Å². The van der Waals surface area contributed by atoms with E-state index >= 15 is 0 Å². The number of fused-ring (bicyclic) bond motifs is 3. The first kappa shape index (κ1) is 22.1. The van der Waals surface area contributed by atoms with Gasteiger partial charge < -0.3 is 19.7 Å². The van der Waals surface area contributed by atoms with Crippen molar-refractivity contribution in [1.82, 2.24) is 0 Å². The molecule has 0 amide bonds. The van der Waals surface area contributed by atoms with Gasteiger partial charge in [0.2, 0.25) is 0 Å². The van der Waals surface area contributed by atoms with Gasteiger partial charge in [0.1, 0.15) is 12.2 Å². The fourth-order valence-electron chi connectivity index (χ4n) is 8.85. The van der Waals surface area contributed by atoms with Crippen molar-refractivity contribution in [3.63, 3.8) is 0 Å². The van der Waals surface area contributed by atoms with Gasteiger partial charge in [-0.1, -0.05) is 20.8 Å². The molecule has 8 atom stereocenters. The highest BCUT2D eigenvalue weighted by Crippen LogP contribution is 2.73. The molecule has 30 heavy (non-hydrogen) atoms. The molecule has 4 rings (SSSR count). The normalized spacial score (nSPS) is 49.0. The minimum atomic E-state index is -0.961. The van der Waals surface area contributed by atoms with E-state index in [1.54, 1.807) is 0 Å². The second kappa shape index (κ2) is 6.93. The Labute approximate surface area is 179 Å². The first-order valence-electron chi connectivity index (χ1n) is 11.6. The van der Waals surface area contributed by atoms with E-state index in [-0.39, 0.29) is 40.7 Å². The van der Waals surface area contributed by atoms with Crippen molar-refractivity contribution < 1.29 is 29.3 Å². The Balaban J connectivity index is 1.73. The van der Waals surface area contributed by atoms with Crippen molar-refractivity contribution in [1.29, 1.82) is 0 Å². The van der Waals surface area contributed by atoms with Gasteiger partial charge in [-0.25, -0.2) is 0 Å². The van der Waals surface area contributed by atoms with E-state index in [1.807, 2.05) is 0 Å². The second-order valence-electron chi connectivity index (χ2n) is 11.6. The SMILES string of the molecule is CC(=O)OC1CC2(C)C3CCC4CC3(CCC2C(C)(C)C1OC(C)=O)CC4(O)CO. The van der Waals surface area contributed by atoms with Crippen molar-refractivity contribution in [3.8, 4) is 0 Å². The van der Waals surface area contributed by atoms with Gasteiger partial charge in [0, 0.05) is 19.3 Å². The zero-order chi connectivity index (χ0) is 22.1. The zero-order valence-electron chi connectivity index (χ0n) is 19.1. The first-order valence-corrected chi connectivity index (χ1v) is 11.6. The third-order valence-corrected chi connectivity index (χ3v) is 9.63. The number of hydrogen-bond donors (Lipinski definition) is 2. The maximum atomic E-state index is 11.9. The molecule has 0 radical (unpaired) electrons. The molecule has 6 nitrogen and oxygen atoms in total. The molecule has 4 aliphatic carbocycles. The third-order valence-electron chi connectivity index (χ3n) is 9.63. The van der Waals surface area contributed by atoms with E-state index in [1.165, 1.54) is 13.8 Å². The fourth-order valence-corrected chi connectivity index (χ4v) is 8.85. The molecule has 8 unspecified atom stereocenters. The van der Waals surface area contributed by atoms with Crippen molar-refractivity contribution in [2.24, 2.45) is 34.0 Å². The Morgan fingerprint density at radius 3 is 2.23 bits per heavy atom. The molecule has 0 aromatic carbocycles. The van der Waals surface area contributed by atoms with Crippen LogP contribution in [-0.2, 0) is 19.1 Å². The molecular weight excluding hydrogens is 384 g/mol. The van der Waals surface area contributed by atoms with Crippen molar-refractivity contribution in [3.05, 3.63) is 0 Å². The van der Waals surface area contributed by atoms with Crippen LogP contribution in [0.25, 0.3) is 0 Å². The summed E-state index contributed by atoms with van der Waals surface area (Å²) in [6, 6.07) is 0. The van der Waals surface area contributed by atoms with Crippen molar-refractivity contribution in [2.45, 2.75) is 97.4 Å². The third kappa shape index (κ3) is 3.04. The predicted molar refractivity (Wildman–Crippen MR) is 110 cm³/mol. The Morgan fingerprint density at radius 1 is 0.967 bits per heavy atom. The van der Waals surface area contributed by atoms with Crippen LogP contribution >= 0.6 is 0 Å². The summed E-state index contributed by atoms with van der Waals surface area (Å²) in [7, 11) is 0. The number of esters is 2. The standard InChI is InChI=1S/C24H38O6/c1-14(26)29-17-11-22(5)18(21(3,4)20(17)30-15(2)27)8-9-23-10-16(6-7-19(22)23)24(28,12-23)13-25/h16-20,25,28H,6-13H2,1-5H3. The lowest BCUT2D eigenvalue weighted by Crippen LogP contribution is -2.64.